The van der Waals surface area contributed by atoms with Crippen molar-refractivity contribution in [3.8, 4) is 16.9 Å². The highest BCUT2D eigenvalue weighted by Gasteiger charge is 2.17. The lowest BCUT2D eigenvalue weighted by atomic mass is 9.93. The fourth-order valence-electron chi connectivity index (χ4n) is 2.67. The first-order chi connectivity index (χ1) is 10.4. The molecule has 1 nitrogen and oxygen atoms in total. The van der Waals surface area contributed by atoms with Crippen LogP contribution in [0.3, 0.4) is 0 Å². The Balaban J connectivity index is 2.43. The van der Waals surface area contributed by atoms with Crippen molar-refractivity contribution in [2.45, 2.75) is 13.8 Å². The predicted octanol–water partition coefficient (Wildman–Crippen LogP) is 6.79. The van der Waals surface area contributed by atoms with Crippen molar-refractivity contribution in [1.29, 1.82) is 0 Å². The summed E-state index contributed by atoms with van der Waals surface area (Å²) in [6.07, 6.45) is 0. The van der Waals surface area contributed by atoms with Crippen molar-refractivity contribution in [2.75, 3.05) is 0 Å². The second kappa shape index (κ2) is 5.66. The van der Waals surface area contributed by atoms with Gasteiger partial charge in [-0.2, -0.15) is 0 Å². The van der Waals surface area contributed by atoms with Crippen molar-refractivity contribution in [2.24, 2.45) is 0 Å². The lowest BCUT2D eigenvalue weighted by Crippen LogP contribution is -1.90. The van der Waals surface area contributed by atoms with Gasteiger partial charge < -0.3 is 5.11 Å². The summed E-state index contributed by atoms with van der Waals surface area (Å²) < 4.78 is 0. The minimum absolute atomic E-state index is 0.189. The van der Waals surface area contributed by atoms with Gasteiger partial charge in [0.25, 0.3) is 0 Å². The number of fused-ring (bicyclic) bond motifs is 1. The Bertz CT molecular complexity index is 901. The first-order valence-corrected chi connectivity index (χ1v) is 7.90. The predicted molar refractivity (Wildman–Crippen MR) is 95.6 cm³/mol. The van der Waals surface area contributed by atoms with Crippen molar-refractivity contribution in [1.82, 2.24) is 0 Å². The summed E-state index contributed by atoms with van der Waals surface area (Å²) in [5.41, 5.74) is 3.45. The minimum Gasteiger partial charge on any atom is -0.507 e. The highest BCUT2D eigenvalue weighted by atomic mass is 35.5. The van der Waals surface area contributed by atoms with Crippen LogP contribution in [0.5, 0.6) is 5.75 Å². The number of aromatic hydroxyl groups is 1. The van der Waals surface area contributed by atoms with Gasteiger partial charge in [0.1, 0.15) is 5.75 Å². The van der Waals surface area contributed by atoms with E-state index in [0.29, 0.717) is 15.1 Å². The van der Waals surface area contributed by atoms with Crippen LogP contribution in [0, 0.1) is 13.8 Å². The highest BCUT2D eigenvalue weighted by molar-refractivity contribution is 6.48. The van der Waals surface area contributed by atoms with Crippen LogP contribution in [0.15, 0.2) is 36.4 Å². The number of benzene rings is 3. The van der Waals surface area contributed by atoms with Gasteiger partial charge in [0.05, 0.1) is 15.1 Å². The molecule has 3 aromatic rings. The van der Waals surface area contributed by atoms with Crippen molar-refractivity contribution in [3.05, 3.63) is 62.6 Å². The SMILES string of the molecule is Cc1ccc2c(-c3cc(Cl)c(Cl)c(Cl)c3C)c(O)ccc2c1. The third-order valence-corrected chi connectivity index (χ3v) is 5.19. The van der Waals surface area contributed by atoms with E-state index in [0.717, 1.165) is 33.0 Å². The second-order valence-corrected chi connectivity index (χ2v) is 6.51. The maximum atomic E-state index is 10.4. The molecule has 3 rings (SSSR count). The van der Waals surface area contributed by atoms with Crippen LogP contribution >= 0.6 is 34.8 Å². The Morgan fingerprint density at radius 3 is 2.32 bits per heavy atom. The van der Waals surface area contributed by atoms with Gasteiger partial charge in [-0.3, -0.25) is 0 Å². The summed E-state index contributed by atoms with van der Waals surface area (Å²) in [5.74, 6) is 0.189. The smallest absolute Gasteiger partial charge is 0.124 e. The average molecular weight is 352 g/mol. The fraction of sp³-hybridized carbons (Fsp3) is 0.111. The van der Waals surface area contributed by atoms with Gasteiger partial charge in [0, 0.05) is 5.56 Å². The molecule has 4 heteroatoms. The molecular weight excluding hydrogens is 339 g/mol. The number of hydrogen-bond donors (Lipinski definition) is 1. The van der Waals surface area contributed by atoms with Crippen LogP contribution in [0.2, 0.25) is 15.1 Å². The van der Waals surface area contributed by atoms with Crippen molar-refractivity contribution < 1.29 is 5.11 Å². The molecule has 0 atom stereocenters. The van der Waals surface area contributed by atoms with E-state index in [1.807, 2.05) is 32.0 Å². The summed E-state index contributed by atoms with van der Waals surface area (Å²) in [7, 11) is 0. The molecular formula is C18H13Cl3O. The van der Waals surface area contributed by atoms with Crippen molar-refractivity contribution >= 4 is 45.6 Å². The number of aryl methyl sites for hydroxylation is 1. The molecule has 1 N–H and O–H groups in total. The third-order valence-electron chi connectivity index (χ3n) is 3.83. The molecule has 0 amide bonds. The molecule has 0 aromatic heterocycles. The molecule has 0 heterocycles. The first-order valence-electron chi connectivity index (χ1n) is 6.77. The van der Waals surface area contributed by atoms with E-state index in [2.05, 4.69) is 6.07 Å². The third kappa shape index (κ3) is 2.44. The molecule has 0 saturated heterocycles. The van der Waals surface area contributed by atoms with Crippen molar-refractivity contribution in [3.63, 3.8) is 0 Å². The zero-order valence-electron chi connectivity index (χ0n) is 12.0. The molecule has 0 aliphatic heterocycles. The van der Waals surface area contributed by atoms with Gasteiger partial charge in [-0.25, -0.2) is 0 Å². The molecule has 22 heavy (non-hydrogen) atoms. The zero-order valence-corrected chi connectivity index (χ0v) is 14.3. The summed E-state index contributed by atoms with van der Waals surface area (Å²) in [4.78, 5) is 0. The number of phenols is 1. The Morgan fingerprint density at radius 2 is 1.59 bits per heavy atom. The fourth-order valence-corrected chi connectivity index (χ4v) is 3.32. The molecule has 0 radical (unpaired) electrons. The van der Waals surface area contributed by atoms with Crippen LogP contribution in [-0.4, -0.2) is 5.11 Å². The molecule has 0 saturated carbocycles. The van der Waals surface area contributed by atoms with Gasteiger partial charge in [-0.1, -0.05) is 64.6 Å². The number of hydrogen-bond acceptors (Lipinski definition) is 1. The molecule has 0 aliphatic carbocycles. The minimum atomic E-state index is 0.189. The van der Waals surface area contributed by atoms with E-state index in [1.165, 1.54) is 0 Å². The van der Waals surface area contributed by atoms with E-state index in [9.17, 15) is 5.11 Å². The van der Waals surface area contributed by atoms with E-state index >= 15 is 0 Å². The average Bonchev–Trinajstić information content (AvgIpc) is 2.49. The number of phenolic OH excluding ortho intramolecular Hbond substituents is 1. The number of rotatable bonds is 1. The largest absolute Gasteiger partial charge is 0.507 e. The molecule has 0 unspecified atom stereocenters. The van der Waals surface area contributed by atoms with Crippen LogP contribution in [0.25, 0.3) is 21.9 Å². The van der Waals surface area contributed by atoms with E-state index in [4.69, 9.17) is 34.8 Å². The van der Waals surface area contributed by atoms with Gasteiger partial charge in [0.15, 0.2) is 0 Å². The Morgan fingerprint density at radius 1 is 0.864 bits per heavy atom. The molecule has 3 aromatic carbocycles. The maximum absolute atomic E-state index is 10.4. The summed E-state index contributed by atoms with van der Waals surface area (Å²) >= 11 is 18.5. The van der Waals surface area contributed by atoms with E-state index in [1.54, 1.807) is 12.1 Å². The molecule has 0 bridgehead atoms. The number of halogens is 3. The summed E-state index contributed by atoms with van der Waals surface area (Å²) in [5, 5.41) is 13.5. The van der Waals surface area contributed by atoms with Gasteiger partial charge >= 0.3 is 0 Å². The zero-order chi connectivity index (χ0) is 16.0. The van der Waals surface area contributed by atoms with Crippen LogP contribution in [0.4, 0.5) is 0 Å². The standard InChI is InChI=1S/C18H13Cl3O/c1-9-3-5-12-11(7-9)4-6-15(22)16(12)13-8-14(19)18(21)17(20)10(13)2/h3-8,22H,1-2H3. The Kier molecular flexibility index (Phi) is 3.98. The molecule has 0 fully saturated rings. The lowest BCUT2D eigenvalue weighted by molar-refractivity contribution is 0.478. The quantitative estimate of drug-likeness (QED) is 0.478. The Hall–Kier alpha value is -1.41. The van der Waals surface area contributed by atoms with Gasteiger partial charge in [-0.05, 0) is 47.9 Å². The maximum Gasteiger partial charge on any atom is 0.124 e. The van der Waals surface area contributed by atoms with Crippen LogP contribution in [-0.2, 0) is 0 Å². The van der Waals surface area contributed by atoms with E-state index in [-0.39, 0.29) is 5.75 Å². The lowest BCUT2D eigenvalue weighted by Gasteiger charge is -2.15. The first kappa shape index (κ1) is 15.5. The summed E-state index contributed by atoms with van der Waals surface area (Å²) in [6.45, 7) is 3.90. The molecule has 0 aliphatic rings. The highest BCUT2D eigenvalue weighted by Crippen LogP contribution is 2.44. The molecule has 112 valence electrons. The second-order valence-electron chi connectivity index (χ2n) is 5.34. The normalized spacial score (nSPS) is 11.1. The topological polar surface area (TPSA) is 20.2 Å². The van der Waals surface area contributed by atoms with Gasteiger partial charge in [0.2, 0.25) is 0 Å². The molecule has 0 spiro atoms. The van der Waals surface area contributed by atoms with Crippen LogP contribution in [0.1, 0.15) is 11.1 Å². The monoisotopic (exact) mass is 350 g/mol. The van der Waals surface area contributed by atoms with Crippen LogP contribution < -0.4 is 0 Å². The summed E-state index contributed by atoms with van der Waals surface area (Å²) in [6, 6.07) is 11.4. The Labute approximate surface area is 144 Å². The van der Waals surface area contributed by atoms with Gasteiger partial charge in [-0.15, -0.1) is 0 Å². The van der Waals surface area contributed by atoms with E-state index < -0.39 is 0 Å².